The lowest BCUT2D eigenvalue weighted by Gasteiger charge is -2.23. The number of nitriles is 1. The van der Waals surface area contributed by atoms with Gasteiger partial charge in [-0.05, 0) is 18.6 Å². The Bertz CT molecular complexity index is 454. The van der Waals surface area contributed by atoms with E-state index in [2.05, 4.69) is 18.9 Å². The summed E-state index contributed by atoms with van der Waals surface area (Å²) in [5, 5.41) is 9.10. The van der Waals surface area contributed by atoms with Gasteiger partial charge in [-0.25, -0.2) is 0 Å². The Morgan fingerprint density at radius 2 is 2.24 bits per heavy atom. The highest BCUT2D eigenvalue weighted by Crippen LogP contribution is 2.25. The Labute approximate surface area is 103 Å². The van der Waals surface area contributed by atoms with Crippen molar-refractivity contribution in [3.63, 3.8) is 0 Å². The van der Waals surface area contributed by atoms with E-state index in [1.54, 1.807) is 19.2 Å². The third-order valence-electron chi connectivity index (χ3n) is 2.44. The van der Waals surface area contributed by atoms with Crippen LogP contribution in [0.1, 0.15) is 18.9 Å². The van der Waals surface area contributed by atoms with Crippen LogP contribution in [0.5, 0.6) is 5.75 Å². The monoisotopic (exact) mass is 228 g/mol. The van der Waals surface area contributed by atoms with Crippen molar-refractivity contribution in [2.75, 3.05) is 25.1 Å². The molecular weight excluding hydrogens is 212 g/mol. The summed E-state index contributed by atoms with van der Waals surface area (Å²) in [5.41, 5.74) is 1.46. The van der Waals surface area contributed by atoms with E-state index in [1.165, 1.54) is 0 Å². The van der Waals surface area contributed by atoms with Gasteiger partial charge in [0.25, 0.3) is 0 Å². The first-order valence-electron chi connectivity index (χ1n) is 5.53. The third-order valence-corrected chi connectivity index (χ3v) is 2.44. The highest BCUT2D eigenvalue weighted by Gasteiger charge is 2.10. The summed E-state index contributed by atoms with van der Waals surface area (Å²) in [6, 6.07) is 7.57. The van der Waals surface area contributed by atoms with Gasteiger partial charge in [-0.2, -0.15) is 5.26 Å². The molecule has 0 spiro atoms. The summed E-state index contributed by atoms with van der Waals surface area (Å²) in [6.45, 7) is 3.40. The molecule has 0 atom stereocenters. The molecule has 0 saturated carbocycles. The van der Waals surface area contributed by atoms with E-state index in [-0.39, 0.29) is 0 Å². The zero-order chi connectivity index (χ0) is 12.7. The van der Waals surface area contributed by atoms with E-state index in [4.69, 9.17) is 16.4 Å². The van der Waals surface area contributed by atoms with Crippen molar-refractivity contribution >= 4 is 5.69 Å². The van der Waals surface area contributed by atoms with E-state index in [1.807, 2.05) is 11.0 Å². The Morgan fingerprint density at radius 3 is 2.76 bits per heavy atom. The molecule has 1 aromatic rings. The highest BCUT2D eigenvalue weighted by atomic mass is 16.5. The quantitative estimate of drug-likeness (QED) is 0.726. The number of benzene rings is 1. The fourth-order valence-corrected chi connectivity index (χ4v) is 1.66. The molecule has 0 bridgehead atoms. The van der Waals surface area contributed by atoms with Crippen molar-refractivity contribution in [3.8, 4) is 24.2 Å². The predicted molar refractivity (Wildman–Crippen MR) is 69.0 cm³/mol. The Hall–Kier alpha value is -2.13. The van der Waals surface area contributed by atoms with E-state index < -0.39 is 0 Å². The second-order valence-electron chi connectivity index (χ2n) is 3.62. The van der Waals surface area contributed by atoms with Gasteiger partial charge >= 0.3 is 0 Å². The minimum atomic E-state index is 0.496. The number of nitrogens with zero attached hydrogens (tertiary/aromatic N) is 2. The molecule has 3 heteroatoms. The normalized spacial score (nSPS) is 9.18. The molecule has 0 N–H and O–H groups in total. The highest BCUT2D eigenvalue weighted by molar-refractivity contribution is 5.62. The fourth-order valence-electron chi connectivity index (χ4n) is 1.66. The van der Waals surface area contributed by atoms with Crippen LogP contribution in [0.4, 0.5) is 5.69 Å². The number of ether oxygens (including phenoxy) is 1. The Morgan fingerprint density at radius 1 is 1.47 bits per heavy atom. The molecule has 0 saturated heterocycles. The van der Waals surface area contributed by atoms with Crippen LogP contribution in [0.25, 0.3) is 0 Å². The molecule has 0 aliphatic heterocycles. The molecule has 17 heavy (non-hydrogen) atoms. The van der Waals surface area contributed by atoms with Crippen molar-refractivity contribution in [1.82, 2.24) is 0 Å². The van der Waals surface area contributed by atoms with Gasteiger partial charge in [0.1, 0.15) is 11.8 Å². The molecule has 0 fully saturated rings. The predicted octanol–water partition coefficient (Wildman–Crippen LogP) is 2.42. The summed E-state index contributed by atoms with van der Waals surface area (Å²) in [5.74, 6) is 3.35. The summed E-state index contributed by atoms with van der Waals surface area (Å²) in [4.78, 5) is 2.01. The van der Waals surface area contributed by atoms with Crippen molar-refractivity contribution in [3.05, 3.63) is 23.8 Å². The lowest BCUT2D eigenvalue weighted by Crippen LogP contribution is -2.25. The molecule has 3 nitrogen and oxygen atoms in total. The molecule has 1 rings (SSSR count). The number of terminal acetylenes is 1. The third kappa shape index (κ3) is 3.16. The zero-order valence-corrected chi connectivity index (χ0v) is 10.2. The van der Waals surface area contributed by atoms with Crippen LogP contribution < -0.4 is 9.64 Å². The van der Waals surface area contributed by atoms with Crippen molar-refractivity contribution in [1.29, 1.82) is 5.26 Å². The molecular formula is C14H16N2O. The van der Waals surface area contributed by atoms with Crippen LogP contribution in [0.3, 0.4) is 0 Å². The standard InChI is InChI=1S/C14H16N2O/c1-4-8-16(9-5-2)14-10-13(17-3)7-6-12(14)11-15/h1,6-7,10H,5,8-9H2,2-3H3. The molecule has 0 aromatic heterocycles. The summed E-state index contributed by atoms with van der Waals surface area (Å²) >= 11 is 0. The number of rotatable bonds is 5. The lowest BCUT2D eigenvalue weighted by molar-refractivity contribution is 0.414. The summed E-state index contributed by atoms with van der Waals surface area (Å²) < 4.78 is 5.17. The van der Waals surface area contributed by atoms with E-state index in [9.17, 15) is 0 Å². The van der Waals surface area contributed by atoms with Crippen LogP contribution in [0, 0.1) is 23.7 Å². The van der Waals surface area contributed by atoms with Gasteiger partial charge in [0.2, 0.25) is 0 Å². The minimum absolute atomic E-state index is 0.496. The average molecular weight is 228 g/mol. The van der Waals surface area contributed by atoms with E-state index in [0.29, 0.717) is 12.1 Å². The Balaban J connectivity index is 3.15. The molecule has 88 valence electrons. The SMILES string of the molecule is C#CCN(CCC)c1cc(OC)ccc1C#N. The second-order valence-corrected chi connectivity index (χ2v) is 3.62. The number of hydrogen-bond donors (Lipinski definition) is 0. The first-order valence-corrected chi connectivity index (χ1v) is 5.53. The fraction of sp³-hybridized carbons (Fsp3) is 0.357. The summed E-state index contributed by atoms with van der Waals surface area (Å²) in [6.07, 6.45) is 6.33. The first-order chi connectivity index (χ1) is 8.26. The molecule has 0 unspecified atom stereocenters. The van der Waals surface area contributed by atoms with Gasteiger partial charge in [-0.3, -0.25) is 0 Å². The van der Waals surface area contributed by atoms with Gasteiger partial charge in [0.05, 0.1) is 24.9 Å². The van der Waals surface area contributed by atoms with Gasteiger partial charge < -0.3 is 9.64 Å². The minimum Gasteiger partial charge on any atom is -0.497 e. The molecule has 0 amide bonds. The van der Waals surface area contributed by atoms with Crippen molar-refractivity contribution in [2.24, 2.45) is 0 Å². The Kier molecular flexibility index (Phi) is 4.91. The molecule has 0 radical (unpaired) electrons. The van der Waals surface area contributed by atoms with Crippen molar-refractivity contribution in [2.45, 2.75) is 13.3 Å². The van der Waals surface area contributed by atoms with Gasteiger partial charge in [-0.15, -0.1) is 6.42 Å². The second kappa shape index (κ2) is 6.45. The van der Waals surface area contributed by atoms with Crippen LogP contribution in [0.2, 0.25) is 0 Å². The van der Waals surface area contributed by atoms with Crippen LogP contribution in [-0.2, 0) is 0 Å². The van der Waals surface area contributed by atoms with Crippen LogP contribution >= 0.6 is 0 Å². The van der Waals surface area contributed by atoms with Gasteiger partial charge in [-0.1, -0.05) is 12.8 Å². The van der Waals surface area contributed by atoms with Crippen LogP contribution in [-0.4, -0.2) is 20.2 Å². The average Bonchev–Trinajstić information content (AvgIpc) is 2.37. The number of methoxy groups -OCH3 is 1. The van der Waals surface area contributed by atoms with Gasteiger partial charge in [0, 0.05) is 12.6 Å². The number of hydrogen-bond acceptors (Lipinski definition) is 3. The molecule has 0 heterocycles. The maximum Gasteiger partial charge on any atom is 0.121 e. The topological polar surface area (TPSA) is 36.3 Å². The van der Waals surface area contributed by atoms with Crippen molar-refractivity contribution < 1.29 is 4.74 Å². The number of anilines is 1. The smallest absolute Gasteiger partial charge is 0.121 e. The van der Waals surface area contributed by atoms with Gasteiger partial charge in [0.15, 0.2) is 0 Å². The summed E-state index contributed by atoms with van der Waals surface area (Å²) in [7, 11) is 1.61. The van der Waals surface area contributed by atoms with E-state index >= 15 is 0 Å². The maximum absolute atomic E-state index is 9.10. The maximum atomic E-state index is 9.10. The molecule has 1 aromatic carbocycles. The first kappa shape index (κ1) is 12.9. The largest absolute Gasteiger partial charge is 0.497 e. The molecule has 0 aliphatic rings. The van der Waals surface area contributed by atoms with Crippen LogP contribution in [0.15, 0.2) is 18.2 Å². The lowest BCUT2D eigenvalue weighted by atomic mass is 10.1. The molecule has 0 aliphatic carbocycles. The zero-order valence-electron chi connectivity index (χ0n) is 10.2. The van der Waals surface area contributed by atoms with E-state index in [0.717, 1.165) is 24.4 Å².